The van der Waals surface area contributed by atoms with Crippen molar-refractivity contribution >= 4 is 16.0 Å². The van der Waals surface area contributed by atoms with E-state index in [0.717, 1.165) is 44.1 Å². The van der Waals surface area contributed by atoms with Gasteiger partial charge in [0.1, 0.15) is 12.2 Å². The maximum Gasteiger partial charge on any atom is 0.214 e. The summed E-state index contributed by atoms with van der Waals surface area (Å²) in [6, 6.07) is 0.233. The molecule has 0 radical (unpaired) electrons. The molecule has 0 saturated carbocycles. The fraction of sp³-hybridized carbons (Fsp3) is 0.824. The van der Waals surface area contributed by atoms with Crippen LogP contribution >= 0.6 is 0 Å². The highest BCUT2D eigenvalue weighted by atomic mass is 32.2. The maximum absolute atomic E-state index is 12.2. The molecule has 154 valence electrons. The molecule has 0 spiro atoms. The summed E-state index contributed by atoms with van der Waals surface area (Å²) >= 11 is 0. The van der Waals surface area contributed by atoms with E-state index in [1.54, 1.807) is 10.6 Å². The smallest absolute Gasteiger partial charge is 0.214 e. The van der Waals surface area contributed by atoms with Crippen LogP contribution in [0.3, 0.4) is 0 Å². The van der Waals surface area contributed by atoms with Crippen LogP contribution in [0.4, 0.5) is 0 Å². The zero-order valence-corrected chi connectivity index (χ0v) is 17.5. The Balaban J connectivity index is 1.85. The number of guanidine groups is 1. The van der Waals surface area contributed by atoms with Gasteiger partial charge in [-0.1, -0.05) is 13.8 Å². The van der Waals surface area contributed by atoms with Crippen LogP contribution in [0.5, 0.6) is 0 Å². The number of piperidine rings is 1. The molecule has 0 aromatic carbocycles. The molecule has 0 unspecified atom stereocenters. The number of hydrogen-bond acceptors (Lipinski definition) is 5. The van der Waals surface area contributed by atoms with Gasteiger partial charge in [-0.2, -0.15) is 0 Å². The van der Waals surface area contributed by atoms with Crippen LogP contribution in [-0.2, 0) is 23.0 Å². The Morgan fingerprint density at radius 3 is 2.67 bits per heavy atom. The van der Waals surface area contributed by atoms with Crippen LogP contribution in [0.1, 0.15) is 45.9 Å². The van der Waals surface area contributed by atoms with Crippen molar-refractivity contribution in [2.75, 3.05) is 31.9 Å². The number of sulfonamides is 1. The highest BCUT2D eigenvalue weighted by Gasteiger charge is 2.27. The maximum atomic E-state index is 12.2. The van der Waals surface area contributed by atoms with Gasteiger partial charge in [-0.15, -0.1) is 10.2 Å². The molecule has 10 heteroatoms. The van der Waals surface area contributed by atoms with E-state index < -0.39 is 10.0 Å². The number of nitrogens with one attached hydrogen (secondary N) is 2. The SMILES string of the molecule is CCCS(=O)(=O)N1CCC(NC(=NCCn2cnnc2CC)NCC)CC1. The third-order valence-corrected chi connectivity index (χ3v) is 6.69. The van der Waals surface area contributed by atoms with Crippen molar-refractivity contribution in [1.29, 1.82) is 0 Å². The Bertz CT molecular complexity index is 694. The summed E-state index contributed by atoms with van der Waals surface area (Å²) in [6.45, 7) is 9.27. The molecule has 1 fully saturated rings. The molecule has 1 aromatic rings. The Kier molecular flexibility index (Phi) is 8.49. The molecule has 27 heavy (non-hydrogen) atoms. The number of rotatable bonds is 9. The minimum Gasteiger partial charge on any atom is -0.357 e. The van der Waals surface area contributed by atoms with Crippen LogP contribution in [0, 0.1) is 0 Å². The van der Waals surface area contributed by atoms with Crippen molar-refractivity contribution in [1.82, 2.24) is 29.7 Å². The fourth-order valence-electron chi connectivity index (χ4n) is 3.19. The van der Waals surface area contributed by atoms with Gasteiger partial charge >= 0.3 is 0 Å². The lowest BCUT2D eigenvalue weighted by molar-refractivity contribution is 0.306. The highest BCUT2D eigenvalue weighted by molar-refractivity contribution is 7.89. The molecular formula is C17H33N7O2S. The Morgan fingerprint density at radius 1 is 1.30 bits per heavy atom. The van der Waals surface area contributed by atoms with Crippen molar-refractivity contribution in [2.45, 2.75) is 59.0 Å². The fourth-order valence-corrected chi connectivity index (χ4v) is 4.73. The highest BCUT2D eigenvalue weighted by Crippen LogP contribution is 2.15. The van der Waals surface area contributed by atoms with Gasteiger partial charge in [-0.3, -0.25) is 4.99 Å². The Labute approximate surface area is 162 Å². The van der Waals surface area contributed by atoms with Crippen molar-refractivity contribution in [3.8, 4) is 0 Å². The van der Waals surface area contributed by atoms with Gasteiger partial charge in [0.05, 0.1) is 12.3 Å². The standard InChI is InChI=1S/C17H33N7O2S/c1-4-13-27(25,26)24-10-7-15(8-11-24)21-17(18-6-3)19-9-12-23-14-20-22-16(23)5-2/h14-15H,4-13H2,1-3H3,(H2,18,19,21). The van der Waals surface area contributed by atoms with Crippen molar-refractivity contribution < 1.29 is 8.42 Å². The van der Waals surface area contributed by atoms with E-state index >= 15 is 0 Å². The van der Waals surface area contributed by atoms with Gasteiger partial charge in [0.15, 0.2) is 5.96 Å². The van der Waals surface area contributed by atoms with Crippen LogP contribution in [0.2, 0.25) is 0 Å². The normalized spacial score (nSPS) is 17.2. The van der Waals surface area contributed by atoms with Gasteiger partial charge in [-0.05, 0) is 26.2 Å². The van der Waals surface area contributed by atoms with Gasteiger partial charge in [0, 0.05) is 38.6 Å². The molecule has 2 heterocycles. The van der Waals surface area contributed by atoms with E-state index in [9.17, 15) is 8.42 Å². The zero-order valence-electron chi connectivity index (χ0n) is 16.7. The molecule has 0 aliphatic carbocycles. The molecule has 1 saturated heterocycles. The van der Waals surface area contributed by atoms with E-state index in [0.29, 0.717) is 26.1 Å². The minimum atomic E-state index is -3.10. The molecule has 1 aliphatic rings. The first-order valence-electron chi connectivity index (χ1n) is 9.89. The summed E-state index contributed by atoms with van der Waals surface area (Å²) in [4.78, 5) is 4.64. The van der Waals surface area contributed by atoms with E-state index in [-0.39, 0.29) is 11.8 Å². The minimum absolute atomic E-state index is 0.233. The van der Waals surface area contributed by atoms with Gasteiger partial charge in [0.2, 0.25) is 10.0 Å². The second-order valence-corrected chi connectivity index (χ2v) is 8.78. The number of hydrogen-bond donors (Lipinski definition) is 2. The quantitative estimate of drug-likeness (QED) is 0.465. The third kappa shape index (κ3) is 6.46. The first kappa shape index (κ1) is 21.6. The Hall–Kier alpha value is -1.68. The average Bonchev–Trinajstić information content (AvgIpc) is 3.10. The summed E-state index contributed by atoms with van der Waals surface area (Å²) in [5.41, 5.74) is 0. The average molecular weight is 400 g/mol. The van der Waals surface area contributed by atoms with Crippen molar-refractivity contribution in [3.05, 3.63) is 12.2 Å². The predicted octanol–water partition coefficient (Wildman–Crippen LogP) is 0.600. The first-order valence-corrected chi connectivity index (χ1v) is 11.5. The predicted molar refractivity (Wildman–Crippen MR) is 107 cm³/mol. The molecule has 9 nitrogen and oxygen atoms in total. The topological polar surface area (TPSA) is 105 Å². The molecular weight excluding hydrogens is 366 g/mol. The lowest BCUT2D eigenvalue weighted by Crippen LogP contribution is -2.50. The molecule has 2 rings (SSSR count). The second-order valence-electron chi connectivity index (χ2n) is 6.69. The first-order chi connectivity index (χ1) is 13.0. The van der Waals surface area contributed by atoms with E-state index in [4.69, 9.17) is 0 Å². The number of aliphatic imine (C=N–C) groups is 1. The third-order valence-electron chi connectivity index (χ3n) is 4.62. The van der Waals surface area contributed by atoms with E-state index in [1.807, 2.05) is 18.4 Å². The number of nitrogens with zero attached hydrogens (tertiary/aromatic N) is 5. The molecule has 2 N–H and O–H groups in total. The Morgan fingerprint density at radius 2 is 2.04 bits per heavy atom. The van der Waals surface area contributed by atoms with Gasteiger partial charge < -0.3 is 15.2 Å². The van der Waals surface area contributed by atoms with E-state index in [2.05, 4.69) is 32.7 Å². The van der Waals surface area contributed by atoms with Crippen molar-refractivity contribution in [3.63, 3.8) is 0 Å². The van der Waals surface area contributed by atoms with Crippen LogP contribution in [-0.4, -0.2) is 71.4 Å². The molecule has 0 amide bonds. The lowest BCUT2D eigenvalue weighted by Gasteiger charge is -2.32. The summed E-state index contributed by atoms with van der Waals surface area (Å²) in [5.74, 6) is 1.97. The van der Waals surface area contributed by atoms with Gasteiger partial charge in [-0.25, -0.2) is 12.7 Å². The summed E-state index contributed by atoms with van der Waals surface area (Å²) in [5, 5.41) is 14.7. The largest absolute Gasteiger partial charge is 0.357 e. The van der Waals surface area contributed by atoms with Gasteiger partial charge in [0.25, 0.3) is 0 Å². The molecule has 1 aromatic heterocycles. The van der Waals surface area contributed by atoms with Crippen LogP contribution in [0.15, 0.2) is 11.3 Å². The van der Waals surface area contributed by atoms with E-state index in [1.165, 1.54) is 0 Å². The van der Waals surface area contributed by atoms with Crippen LogP contribution < -0.4 is 10.6 Å². The van der Waals surface area contributed by atoms with Crippen LogP contribution in [0.25, 0.3) is 0 Å². The monoisotopic (exact) mass is 399 g/mol. The lowest BCUT2D eigenvalue weighted by atomic mass is 10.1. The number of aryl methyl sites for hydroxylation is 1. The molecule has 0 bridgehead atoms. The molecule has 0 atom stereocenters. The zero-order chi connectivity index (χ0) is 19.7. The molecule has 1 aliphatic heterocycles. The summed E-state index contributed by atoms with van der Waals surface area (Å²) in [6.07, 6.45) is 4.82. The number of aromatic nitrogens is 3. The summed E-state index contributed by atoms with van der Waals surface area (Å²) < 4.78 is 28.0. The summed E-state index contributed by atoms with van der Waals surface area (Å²) in [7, 11) is -3.10. The second kappa shape index (κ2) is 10.6. The van der Waals surface area contributed by atoms with Crippen molar-refractivity contribution in [2.24, 2.45) is 4.99 Å².